The quantitative estimate of drug-likeness (QED) is 0.598. The van der Waals surface area contributed by atoms with E-state index < -0.39 is 23.8 Å². The van der Waals surface area contributed by atoms with Gasteiger partial charge in [-0.1, -0.05) is 15.9 Å². The molecular formula is C11H11BrF3NO4. The minimum absolute atomic E-state index is 0.0465. The molecule has 112 valence electrons. The number of esters is 1. The van der Waals surface area contributed by atoms with Crippen LogP contribution in [0.2, 0.25) is 0 Å². The zero-order valence-corrected chi connectivity index (χ0v) is 12.2. The molecule has 0 N–H and O–H groups in total. The number of nitrogens with zero attached hydrogens (tertiary/aromatic N) is 1. The van der Waals surface area contributed by atoms with Crippen LogP contribution in [-0.2, 0) is 10.1 Å². The van der Waals surface area contributed by atoms with E-state index in [1.165, 1.54) is 0 Å². The number of carbonyl (C=O) groups excluding carboxylic acids is 1. The molecule has 0 amide bonds. The second kappa shape index (κ2) is 6.78. The molecule has 0 aliphatic heterocycles. The van der Waals surface area contributed by atoms with E-state index in [1.54, 1.807) is 6.92 Å². The van der Waals surface area contributed by atoms with Crippen LogP contribution in [0.5, 0.6) is 11.5 Å². The molecule has 1 heterocycles. The predicted octanol–water partition coefficient (Wildman–Crippen LogP) is 3.06. The van der Waals surface area contributed by atoms with Crippen molar-refractivity contribution in [2.75, 3.05) is 13.7 Å². The maximum atomic E-state index is 12.4. The van der Waals surface area contributed by atoms with Crippen LogP contribution in [0.15, 0.2) is 6.20 Å². The Hall–Kier alpha value is -1.51. The van der Waals surface area contributed by atoms with Gasteiger partial charge in [0.05, 0.1) is 13.7 Å². The highest BCUT2D eigenvalue weighted by atomic mass is 79.9. The number of rotatable bonds is 5. The molecule has 0 aliphatic rings. The monoisotopic (exact) mass is 357 g/mol. The lowest BCUT2D eigenvalue weighted by Gasteiger charge is -2.17. The summed E-state index contributed by atoms with van der Waals surface area (Å²) in [6, 6.07) is 0. The lowest BCUT2D eigenvalue weighted by molar-refractivity contribution is -0.275. The van der Waals surface area contributed by atoms with Gasteiger partial charge in [-0.25, -0.2) is 9.78 Å². The molecule has 0 bridgehead atoms. The van der Waals surface area contributed by atoms with Crippen molar-refractivity contribution in [1.82, 2.24) is 4.98 Å². The third-order valence-electron chi connectivity index (χ3n) is 2.10. The van der Waals surface area contributed by atoms with Crippen LogP contribution < -0.4 is 9.47 Å². The highest BCUT2D eigenvalue weighted by Gasteiger charge is 2.35. The predicted molar refractivity (Wildman–Crippen MR) is 66.1 cm³/mol. The zero-order valence-electron chi connectivity index (χ0n) is 10.6. The Labute approximate surface area is 121 Å². The van der Waals surface area contributed by atoms with Crippen LogP contribution in [0.3, 0.4) is 0 Å². The molecular weight excluding hydrogens is 347 g/mol. The minimum atomic E-state index is -4.92. The molecule has 1 aromatic rings. The maximum Gasteiger partial charge on any atom is 0.573 e. The van der Waals surface area contributed by atoms with Gasteiger partial charge in [0.2, 0.25) is 0 Å². The Morgan fingerprint density at radius 1 is 1.40 bits per heavy atom. The van der Waals surface area contributed by atoms with Crippen molar-refractivity contribution in [1.29, 1.82) is 0 Å². The maximum absolute atomic E-state index is 12.4. The average molecular weight is 358 g/mol. The minimum Gasteiger partial charge on any atom is -0.491 e. The second-order valence-electron chi connectivity index (χ2n) is 3.40. The van der Waals surface area contributed by atoms with Gasteiger partial charge in [0, 0.05) is 17.1 Å². The van der Waals surface area contributed by atoms with Gasteiger partial charge < -0.3 is 14.2 Å². The Balaban J connectivity index is 3.36. The Morgan fingerprint density at radius 2 is 2.05 bits per heavy atom. The van der Waals surface area contributed by atoms with E-state index in [2.05, 4.69) is 25.7 Å². The van der Waals surface area contributed by atoms with Gasteiger partial charge in [-0.15, -0.1) is 13.2 Å². The molecule has 0 radical (unpaired) electrons. The molecule has 0 aromatic carbocycles. The lowest BCUT2D eigenvalue weighted by atomic mass is 10.2. The van der Waals surface area contributed by atoms with Crippen molar-refractivity contribution in [3.05, 3.63) is 17.5 Å². The normalized spacial score (nSPS) is 11.1. The van der Waals surface area contributed by atoms with Crippen molar-refractivity contribution >= 4 is 21.9 Å². The van der Waals surface area contributed by atoms with Crippen molar-refractivity contribution in [3.63, 3.8) is 0 Å². The van der Waals surface area contributed by atoms with Gasteiger partial charge >= 0.3 is 12.3 Å². The highest BCUT2D eigenvalue weighted by molar-refractivity contribution is 9.08. The Morgan fingerprint density at radius 3 is 2.50 bits per heavy atom. The molecule has 0 unspecified atom stereocenters. The summed E-state index contributed by atoms with van der Waals surface area (Å²) < 4.78 is 50.7. The van der Waals surface area contributed by atoms with E-state index in [9.17, 15) is 18.0 Å². The molecule has 1 aromatic heterocycles. The van der Waals surface area contributed by atoms with E-state index in [4.69, 9.17) is 9.47 Å². The molecule has 0 atom stereocenters. The third kappa shape index (κ3) is 3.99. The average Bonchev–Trinajstić information content (AvgIpc) is 2.36. The number of hydrogen-bond acceptors (Lipinski definition) is 5. The topological polar surface area (TPSA) is 57.7 Å². The molecule has 0 saturated heterocycles. The summed E-state index contributed by atoms with van der Waals surface area (Å²) in [7, 11) is 1.11. The molecule has 1 rings (SSSR count). The first kappa shape index (κ1) is 16.5. The van der Waals surface area contributed by atoms with Gasteiger partial charge in [-0.2, -0.15) is 0 Å². The number of methoxy groups -OCH3 is 1. The van der Waals surface area contributed by atoms with Crippen molar-refractivity contribution in [3.8, 4) is 11.5 Å². The summed E-state index contributed by atoms with van der Waals surface area (Å²) >= 11 is 3.01. The van der Waals surface area contributed by atoms with E-state index in [-0.39, 0.29) is 23.2 Å². The molecule has 9 heteroatoms. The fraction of sp³-hybridized carbons (Fsp3) is 0.455. The number of carbonyl (C=O) groups is 1. The Kier molecular flexibility index (Phi) is 5.61. The number of pyridine rings is 1. The van der Waals surface area contributed by atoms with Crippen molar-refractivity contribution in [2.24, 2.45) is 0 Å². The molecule has 0 spiro atoms. The highest BCUT2D eigenvalue weighted by Crippen LogP contribution is 2.38. The molecule has 20 heavy (non-hydrogen) atoms. The first-order valence-corrected chi connectivity index (χ1v) is 6.50. The van der Waals surface area contributed by atoms with Crippen LogP contribution in [-0.4, -0.2) is 31.0 Å². The van der Waals surface area contributed by atoms with Crippen LogP contribution in [0, 0.1) is 0 Å². The fourth-order valence-corrected chi connectivity index (χ4v) is 1.77. The summed E-state index contributed by atoms with van der Waals surface area (Å²) in [6.07, 6.45) is -3.83. The van der Waals surface area contributed by atoms with E-state index in [0.29, 0.717) is 0 Å². The summed E-state index contributed by atoms with van der Waals surface area (Å²) in [5.74, 6) is -1.93. The summed E-state index contributed by atoms with van der Waals surface area (Å²) in [6.45, 7) is 1.61. The first-order valence-electron chi connectivity index (χ1n) is 5.38. The van der Waals surface area contributed by atoms with E-state index in [0.717, 1.165) is 13.3 Å². The molecule has 0 saturated carbocycles. The van der Waals surface area contributed by atoms with Crippen LogP contribution in [0.1, 0.15) is 23.0 Å². The van der Waals surface area contributed by atoms with Gasteiger partial charge in [0.25, 0.3) is 0 Å². The molecule has 5 nitrogen and oxygen atoms in total. The van der Waals surface area contributed by atoms with E-state index in [1.807, 2.05) is 0 Å². The smallest absolute Gasteiger partial charge is 0.491 e. The van der Waals surface area contributed by atoms with Crippen LogP contribution in [0.25, 0.3) is 0 Å². The fourth-order valence-electron chi connectivity index (χ4n) is 1.37. The first-order chi connectivity index (χ1) is 9.34. The SMILES string of the molecule is CCOC(=O)c1ncc(CBr)c(OC(F)(F)F)c1OC. The number of alkyl halides is 4. The van der Waals surface area contributed by atoms with Crippen LogP contribution >= 0.6 is 15.9 Å². The molecule has 0 aliphatic carbocycles. The van der Waals surface area contributed by atoms with Crippen molar-refractivity contribution in [2.45, 2.75) is 18.6 Å². The lowest BCUT2D eigenvalue weighted by Crippen LogP contribution is -2.20. The second-order valence-corrected chi connectivity index (χ2v) is 3.96. The number of halogens is 4. The van der Waals surface area contributed by atoms with Gasteiger partial charge in [0.15, 0.2) is 17.2 Å². The standard InChI is InChI=1S/C11H11BrF3NO4/c1-3-19-10(17)7-9(18-2)8(20-11(13,14)15)6(4-12)5-16-7/h5H,3-4H2,1-2H3. The van der Waals surface area contributed by atoms with Gasteiger partial charge in [0.1, 0.15) is 0 Å². The zero-order chi connectivity index (χ0) is 15.3. The van der Waals surface area contributed by atoms with Crippen LogP contribution in [0.4, 0.5) is 13.2 Å². The number of hydrogen-bond donors (Lipinski definition) is 0. The molecule has 0 fully saturated rings. The summed E-state index contributed by atoms with van der Waals surface area (Å²) in [5, 5.41) is 0.0465. The van der Waals surface area contributed by atoms with Crippen molar-refractivity contribution < 1.29 is 32.2 Å². The van der Waals surface area contributed by atoms with E-state index >= 15 is 0 Å². The van der Waals surface area contributed by atoms with Gasteiger partial charge in [-0.05, 0) is 6.92 Å². The summed E-state index contributed by atoms with van der Waals surface area (Å²) in [5.41, 5.74) is -0.287. The Bertz CT molecular complexity index is 493. The third-order valence-corrected chi connectivity index (χ3v) is 2.70. The number of aromatic nitrogens is 1. The number of ether oxygens (including phenoxy) is 3. The van der Waals surface area contributed by atoms with Gasteiger partial charge in [-0.3, -0.25) is 0 Å². The largest absolute Gasteiger partial charge is 0.573 e. The summed E-state index contributed by atoms with van der Waals surface area (Å²) in [4.78, 5) is 15.4.